The third kappa shape index (κ3) is 3.73. The number of hydrogen-bond donors (Lipinski definition) is 0. The Morgan fingerprint density at radius 3 is 2.44 bits per heavy atom. The molecule has 2 aromatic carbocycles. The first-order valence-electron chi connectivity index (χ1n) is 11.0. The van der Waals surface area contributed by atoms with Gasteiger partial charge in [-0.05, 0) is 29.8 Å². The monoisotopic (exact) mass is 432 g/mol. The minimum Gasteiger partial charge on any atom is -0.497 e. The van der Waals surface area contributed by atoms with Crippen LogP contribution in [0.1, 0.15) is 22.7 Å². The molecule has 0 spiro atoms. The Kier molecular flexibility index (Phi) is 5.57. The van der Waals surface area contributed by atoms with Crippen LogP contribution in [0.4, 0.5) is 4.79 Å². The maximum Gasteiger partial charge on any atom is 0.320 e. The van der Waals surface area contributed by atoms with Gasteiger partial charge in [-0.1, -0.05) is 30.3 Å². The Balaban J connectivity index is 1.57. The smallest absolute Gasteiger partial charge is 0.320 e. The molecule has 1 atom stereocenters. The molecule has 1 aromatic heterocycles. The largest absolute Gasteiger partial charge is 0.497 e. The van der Waals surface area contributed by atoms with E-state index in [-0.39, 0.29) is 11.9 Å². The lowest BCUT2D eigenvalue weighted by Crippen LogP contribution is -2.50. The molecule has 1 saturated heterocycles. The fourth-order valence-electron chi connectivity index (χ4n) is 4.76. The topological polar surface area (TPSA) is 59.8 Å². The Bertz CT molecular complexity index is 1090. The van der Waals surface area contributed by atoms with Gasteiger partial charge in [0.05, 0.1) is 38.3 Å². The van der Waals surface area contributed by atoms with E-state index in [1.165, 1.54) is 11.3 Å². The van der Waals surface area contributed by atoms with Gasteiger partial charge in [0.1, 0.15) is 5.75 Å². The Hall–Kier alpha value is -3.32. The van der Waals surface area contributed by atoms with E-state index in [4.69, 9.17) is 14.6 Å². The van der Waals surface area contributed by atoms with Crippen LogP contribution < -0.4 is 4.74 Å². The van der Waals surface area contributed by atoms with Crippen molar-refractivity contribution in [3.63, 3.8) is 0 Å². The molecule has 166 valence electrons. The molecule has 0 saturated carbocycles. The summed E-state index contributed by atoms with van der Waals surface area (Å²) >= 11 is 0. The second kappa shape index (κ2) is 8.67. The van der Waals surface area contributed by atoms with Crippen molar-refractivity contribution in [2.75, 3.05) is 40.0 Å². The van der Waals surface area contributed by atoms with E-state index >= 15 is 0 Å². The highest BCUT2D eigenvalue weighted by molar-refractivity contribution is 5.76. The van der Waals surface area contributed by atoms with Gasteiger partial charge in [-0.25, -0.2) is 4.79 Å². The highest BCUT2D eigenvalue weighted by Gasteiger charge is 2.36. The number of hydrogen-bond acceptors (Lipinski definition) is 4. The van der Waals surface area contributed by atoms with Crippen molar-refractivity contribution in [3.05, 3.63) is 71.4 Å². The van der Waals surface area contributed by atoms with Crippen LogP contribution in [-0.4, -0.2) is 65.6 Å². The zero-order valence-electron chi connectivity index (χ0n) is 18.5. The molecule has 7 nitrogen and oxygen atoms in total. The first-order valence-corrected chi connectivity index (χ1v) is 11.0. The number of methoxy groups -OCH3 is 1. The van der Waals surface area contributed by atoms with Gasteiger partial charge in [0.15, 0.2) is 0 Å². The van der Waals surface area contributed by atoms with E-state index in [1.54, 1.807) is 7.11 Å². The molecular formula is C25H28N4O3. The molecule has 2 aliphatic rings. The zero-order valence-corrected chi connectivity index (χ0v) is 18.5. The van der Waals surface area contributed by atoms with Gasteiger partial charge in [-0.2, -0.15) is 5.10 Å². The predicted octanol–water partition coefficient (Wildman–Crippen LogP) is 3.50. The highest BCUT2D eigenvalue weighted by Crippen LogP contribution is 2.38. The quantitative estimate of drug-likeness (QED) is 0.636. The Labute approximate surface area is 188 Å². The van der Waals surface area contributed by atoms with E-state index < -0.39 is 0 Å². The number of aromatic nitrogens is 2. The average Bonchev–Trinajstić information content (AvgIpc) is 3.20. The maximum atomic E-state index is 13.4. The van der Waals surface area contributed by atoms with Crippen LogP contribution in [0.15, 0.2) is 54.6 Å². The summed E-state index contributed by atoms with van der Waals surface area (Å²) in [5, 5.41) is 4.90. The summed E-state index contributed by atoms with van der Waals surface area (Å²) in [5.74, 6) is 0.874. The number of morpholine rings is 1. The highest BCUT2D eigenvalue weighted by atomic mass is 16.5. The van der Waals surface area contributed by atoms with Gasteiger partial charge < -0.3 is 19.3 Å². The van der Waals surface area contributed by atoms with Crippen molar-refractivity contribution in [1.29, 1.82) is 0 Å². The van der Waals surface area contributed by atoms with Crippen molar-refractivity contribution in [2.24, 2.45) is 7.05 Å². The molecule has 5 rings (SSSR count). The maximum absolute atomic E-state index is 13.4. The second-order valence-electron chi connectivity index (χ2n) is 8.29. The van der Waals surface area contributed by atoms with Crippen LogP contribution in [0.25, 0.3) is 11.3 Å². The van der Waals surface area contributed by atoms with Crippen molar-refractivity contribution < 1.29 is 14.3 Å². The number of aryl methyl sites for hydroxylation is 1. The Morgan fingerprint density at radius 2 is 1.75 bits per heavy atom. The number of carbonyl (C=O) groups is 1. The number of carbonyl (C=O) groups excluding carboxylic acids is 1. The minimum atomic E-state index is 0.0643. The average molecular weight is 433 g/mol. The van der Waals surface area contributed by atoms with Gasteiger partial charge in [0, 0.05) is 43.7 Å². The van der Waals surface area contributed by atoms with E-state index in [0.717, 1.165) is 22.6 Å². The molecule has 2 aliphatic heterocycles. The third-order valence-electron chi connectivity index (χ3n) is 6.39. The first-order chi connectivity index (χ1) is 15.7. The molecule has 0 bridgehead atoms. The summed E-state index contributed by atoms with van der Waals surface area (Å²) in [4.78, 5) is 17.3. The summed E-state index contributed by atoms with van der Waals surface area (Å²) in [6.45, 7) is 3.64. The normalized spacial score (nSPS) is 18.4. The van der Waals surface area contributed by atoms with Crippen molar-refractivity contribution in [3.8, 4) is 17.0 Å². The fourth-order valence-corrected chi connectivity index (χ4v) is 4.76. The third-order valence-corrected chi connectivity index (χ3v) is 6.39. The summed E-state index contributed by atoms with van der Waals surface area (Å²) in [7, 11) is 3.67. The number of ether oxygens (including phenoxy) is 2. The van der Waals surface area contributed by atoms with Crippen LogP contribution in [0.5, 0.6) is 5.75 Å². The molecular weight excluding hydrogens is 404 g/mol. The van der Waals surface area contributed by atoms with Crippen LogP contribution >= 0.6 is 0 Å². The molecule has 1 fully saturated rings. The number of rotatable bonds is 3. The number of nitrogens with zero attached hydrogens (tertiary/aromatic N) is 4. The molecule has 3 aromatic rings. The summed E-state index contributed by atoms with van der Waals surface area (Å²) in [6, 6.07) is 18.4. The molecule has 32 heavy (non-hydrogen) atoms. The van der Waals surface area contributed by atoms with Crippen LogP contribution in [-0.2, 0) is 18.3 Å². The van der Waals surface area contributed by atoms with Gasteiger partial charge >= 0.3 is 6.03 Å². The molecule has 0 radical (unpaired) electrons. The van der Waals surface area contributed by atoms with Crippen molar-refractivity contribution in [2.45, 2.75) is 12.5 Å². The molecule has 2 amide bonds. The van der Waals surface area contributed by atoms with Crippen molar-refractivity contribution in [1.82, 2.24) is 19.6 Å². The zero-order chi connectivity index (χ0) is 22.1. The van der Waals surface area contributed by atoms with E-state index in [9.17, 15) is 4.79 Å². The number of urea groups is 1. The van der Waals surface area contributed by atoms with E-state index in [0.29, 0.717) is 39.4 Å². The van der Waals surface area contributed by atoms with Crippen LogP contribution in [0, 0.1) is 0 Å². The first kappa shape index (κ1) is 20.6. The van der Waals surface area contributed by atoms with E-state index in [2.05, 4.69) is 24.3 Å². The molecule has 0 N–H and O–H groups in total. The van der Waals surface area contributed by atoms with Gasteiger partial charge in [-0.3, -0.25) is 4.68 Å². The predicted molar refractivity (Wildman–Crippen MR) is 122 cm³/mol. The standard InChI is InChI=1S/C25H28N4O3/c1-27-24-21(18-6-4-3-5-7-18)16-29(25(30)28-12-14-32-15-13-28)17-22(24)23(26-27)19-8-10-20(31-2)11-9-19/h3-11,21H,12-17H2,1-2H3/t21-/m0/s1. The fraction of sp³-hybridized carbons (Fsp3) is 0.360. The van der Waals surface area contributed by atoms with Crippen LogP contribution in [0.2, 0.25) is 0 Å². The number of fused-ring (bicyclic) bond motifs is 1. The lowest BCUT2D eigenvalue weighted by atomic mass is 9.87. The SMILES string of the molecule is COc1ccc(-c2nn(C)c3c2CN(C(=O)N2CCOCC2)C[C@H]3c2ccccc2)cc1. The second-order valence-corrected chi connectivity index (χ2v) is 8.29. The lowest BCUT2D eigenvalue weighted by Gasteiger charge is -2.38. The van der Waals surface area contributed by atoms with E-state index in [1.807, 2.05) is 51.9 Å². The molecule has 0 unspecified atom stereocenters. The molecule has 7 heteroatoms. The molecule has 3 heterocycles. The molecule has 0 aliphatic carbocycles. The van der Waals surface area contributed by atoms with Gasteiger partial charge in [0.25, 0.3) is 0 Å². The summed E-state index contributed by atoms with van der Waals surface area (Å²) in [5.41, 5.74) is 5.42. The lowest BCUT2D eigenvalue weighted by molar-refractivity contribution is 0.0416. The summed E-state index contributed by atoms with van der Waals surface area (Å²) < 4.78 is 12.8. The van der Waals surface area contributed by atoms with Crippen molar-refractivity contribution >= 4 is 6.03 Å². The summed E-state index contributed by atoms with van der Waals surface area (Å²) in [6.07, 6.45) is 0. The van der Waals surface area contributed by atoms with Gasteiger partial charge in [0.2, 0.25) is 0 Å². The number of amides is 2. The Morgan fingerprint density at radius 1 is 1.03 bits per heavy atom. The van der Waals surface area contributed by atoms with Crippen LogP contribution in [0.3, 0.4) is 0 Å². The minimum absolute atomic E-state index is 0.0643. The number of benzene rings is 2. The van der Waals surface area contributed by atoms with Gasteiger partial charge in [-0.15, -0.1) is 0 Å².